The van der Waals surface area contributed by atoms with Gasteiger partial charge in [-0.25, -0.2) is 0 Å². The summed E-state index contributed by atoms with van der Waals surface area (Å²) < 4.78 is 5.11. The van der Waals surface area contributed by atoms with Crippen LogP contribution in [0.5, 0.6) is 5.75 Å². The normalized spacial score (nSPS) is 14.3. The fraction of sp³-hybridized carbons (Fsp3) is 0.304. The number of ether oxygens (including phenoxy) is 1. The molecule has 0 heterocycles. The van der Waals surface area contributed by atoms with Gasteiger partial charge in [-0.2, -0.15) is 5.26 Å². The van der Waals surface area contributed by atoms with Crippen LogP contribution < -0.4 is 15.4 Å². The van der Waals surface area contributed by atoms with Crippen LogP contribution in [0.2, 0.25) is 5.02 Å². The largest absolute Gasteiger partial charge is 0.495 e. The maximum atomic E-state index is 12.5. The molecule has 0 aliphatic heterocycles. The van der Waals surface area contributed by atoms with Crippen LogP contribution >= 0.6 is 11.6 Å². The zero-order valence-corrected chi connectivity index (χ0v) is 17.3. The number of aryl methyl sites for hydroxylation is 2. The van der Waals surface area contributed by atoms with Crippen molar-refractivity contribution >= 4 is 23.2 Å². The van der Waals surface area contributed by atoms with Gasteiger partial charge in [0, 0.05) is 11.9 Å². The van der Waals surface area contributed by atoms with Crippen LogP contribution in [0.1, 0.15) is 42.5 Å². The van der Waals surface area contributed by atoms with Gasteiger partial charge < -0.3 is 15.4 Å². The lowest BCUT2D eigenvalue weighted by molar-refractivity contribution is -0.117. The maximum Gasteiger partial charge on any atom is 0.263 e. The minimum atomic E-state index is -0.426. The average molecular weight is 410 g/mol. The van der Waals surface area contributed by atoms with Crippen LogP contribution in [0.4, 0.5) is 5.69 Å². The SMILES string of the molecule is COc1ccc(N/C=C(/C#N)C(=O)NC(C)c2ccc3c(c2)CCCC3)cc1Cl. The van der Waals surface area contributed by atoms with Crippen molar-refractivity contribution in [3.8, 4) is 11.8 Å². The Morgan fingerprint density at radius 3 is 2.66 bits per heavy atom. The molecule has 0 aromatic heterocycles. The Labute approximate surface area is 176 Å². The molecule has 0 saturated carbocycles. The molecule has 1 unspecified atom stereocenters. The van der Waals surface area contributed by atoms with E-state index in [4.69, 9.17) is 16.3 Å². The van der Waals surface area contributed by atoms with Crippen LogP contribution in [0.3, 0.4) is 0 Å². The molecule has 2 aromatic rings. The summed E-state index contributed by atoms with van der Waals surface area (Å²) in [5, 5.41) is 15.7. The van der Waals surface area contributed by atoms with Gasteiger partial charge in [-0.15, -0.1) is 0 Å². The van der Waals surface area contributed by atoms with Crippen molar-refractivity contribution in [1.29, 1.82) is 5.26 Å². The van der Waals surface area contributed by atoms with Gasteiger partial charge in [-0.05, 0) is 67.5 Å². The lowest BCUT2D eigenvalue weighted by Crippen LogP contribution is -2.28. The predicted octanol–water partition coefficient (Wildman–Crippen LogP) is 4.92. The number of benzene rings is 2. The molecular weight excluding hydrogens is 386 g/mol. The third-order valence-electron chi connectivity index (χ3n) is 5.12. The van der Waals surface area contributed by atoms with Crippen molar-refractivity contribution < 1.29 is 9.53 Å². The van der Waals surface area contributed by atoms with Crippen LogP contribution in [0.15, 0.2) is 48.2 Å². The molecule has 1 aliphatic carbocycles. The zero-order valence-electron chi connectivity index (χ0n) is 16.6. The second-order valence-corrected chi connectivity index (χ2v) is 7.50. The van der Waals surface area contributed by atoms with Gasteiger partial charge in [0.05, 0.1) is 18.2 Å². The van der Waals surface area contributed by atoms with E-state index < -0.39 is 5.91 Å². The van der Waals surface area contributed by atoms with Crippen molar-refractivity contribution in [1.82, 2.24) is 5.32 Å². The number of rotatable bonds is 6. The number of hydrogen-bond acceptors (Lipinski definition) is 4. The highest BCUT2D eigenvalue weighted by Crippen LogP contribution is 2.27. The quantitative estimate of drug-likeness (QED) is 0.524. The van der Waals surface area contributed by atoms with E-state index in [9.17, 15) is 10.1 Å². The second-order valence-electron chi connectivity index (χ2n) is 7.09. The summed E-state index contributed by atoms with van der Waals surface area (Å²) in [5.74, 6) is 0.128. The number of halogens is 1. The number of hydrogen-bond donors (Lipinski definition) is 2. The molecule has 0 radical (unpaired) electrons. The Kier molecular flexibility index (Phi) is 6.79. The van der Waals surface area contributed by atoms with Gasteiger partial charge in [0.15, 0.2) is 0 Å². The van der Waals surface area contributed by atoms with Gasteiger partial charge in [-0.3, -0.25) is 4.79 Å². The number of carbonyl (C=O) groups is 1. The molecule has 2 aromatic carbocycles. The third kappa shape index (κ3) is 5.10. The lowest BCUT2D eigenvalue weighted by Gasteiger charge is -2.20. The molecule has 2 N–H and O–H groups in total. The van der Waals surface area contributed by atoms with Crippen LogP contribution in [-0.4, -0.2) is 13.0 Å². The Morgan fingerprint density at radius 2 is 1.97 bits per heavy atom. The van der Waals surface area contributed by atoms with E-state index in [2.05, 4.69) is 28.8 Å². The standard InChI is InChI=1S/C23H24ClN3O2/c1-15(17-8-7-16-5-3-4-6-18(16)11-17)27-23(28)19(13-25)14-26-20-9-10-22(29-2)21(24)12-20/h7-12,14-15,26H,3-6H2,1-2H3,(H,27,28)/b19-14-. The van der Waals surface area contributed by atoms with Crippen molar-refractivity contribution in [2.75, 3.05) is 12.4 Å². The number of anilines is 1. The van der Waals surface area contributed by atoms with Crippen molar-refractivity contribution in [2.45, 2.75) is 38.6 Å². The second kappa shape index (κ2) is 9.49. The summed E-state index contributed by atoms with van der Waals surface area (Å²) in [5.41, 5.74) is 4.45. The number of nitrogens with zero attached hydrogens (tertiary/aromatic N) is 1. The summed E-state index contributed by atoms with van der Waals surface area (Å²) in [6.07, 6.45) is 6.04. The first-order chi connectivity index (χ1) is 14.0. The fourth-order valence-corrected chi connectivity index (χ4v) is 3.70. The van der Waals surface area contributed by atoms with E-state index in [0.29, 0.717) is 16.5 Å². The Bertz CT molecular complexity index is 979. The number of nitriles is 1. The highest BCUT2D eigenvalue weighted by Gasteiger charge is 2.16. The summed E-state index contributed by atoms with van der Waals surface area (Å²) >= 11 is 6.10. The number of nitrogens with one attached hydrogen (secondary N) is 2. The summed E-state index contributed by atoms with van der Waals surface area (Å²) in [7, 11) is 1.54. The monoisotopic (exact) mass is 409 g/mol. The molecule has 150 valence electrons. The topological polar surface area (TPSA) is 74.1 Å². The molecule has 1 amide bonds. The van der Waals surface area contributed by atoms with Crippen molar-refractivity contribution in [3.63, 3.8) is 0 Å². The molecule has 1 atom stereocenters. The van der Waals surface area contributed by atoms with E-state index in [0.717, 1.165) is 18.4 Å². The van der Waals surface area contributed by atoms with E-state index in [-0.39, 0.29) is 11.6 Å². The highest BCUT2D eigenvalue weighted by atomic mass is 35.5. The first-order valence-electron chi connectivity index (χ1n) is 9.64. The maximum absolute atomic E-state index is 12.5. The summed E-state index contributed by atoms with van der Waals surface area (Å²) in [6, 6.07) is 13.3. The van der Waals surface area contributed by atoms with E-state index in [1.54, 1.807) is 18.2 Å². The third-order valence-corrected chi connectivity index (χ3v) is 5.42. The average Bonchev–Trinajstić information content (AvgIpc) is 2.74. The molecule has 0 spiro atoms. The van der Waals surface area contributed by atoms with Gasteiger partial charge in [-0.1, -0.05) is 29.8 Å². The molecule has 29 heavy (non-hydrogen) atoms. The zero-order chi connectivity index (χ0) is 20.8. The molecule has 3 rings (SSSR count). The Hall–Kier alpha value is -2.97. The summed E-state index contributed by atoms with van der Waals surface area (Å²) in [6.45, 7) is 1.92. The number of amides is 1. The van der Waals surface area contributed by atoms with Crippen LogP contribution in [-0.2, 0) is 17.6 Å². The molecule has 5 nitrogen and oxygen atoms in total. The smallest absolute Gasteiger partial charge is 0.263 e. The number of methoxy groups -OCH3 is 1. The molecule has 0 fully saturated rings. The van der Waals surface area contributed by atoms with E-state index in [1.165, 1.54) is 37.3 Å². The minimum Gasteiger partial charge on any atom is -0.495 e. The lowest BCUT2D eigenvalue weighted by atomic mass is 9.89. The van der Waals surface area contributed by atoms with Crippen LogP contribution in [0, 0.1) is 11.3 Å². The Morgan fingerprint density at radius 1 is 1.21 bits per heavy atom. The first kappa shape index (κ1) is 20.8. The Balaban J connectivity index is 1.67. The molecule has 1 aliphatic rings. The van der Waals surface area contributed by atoms with Crippen molar-refractivity contribution in [2.24, 2.45) is 0 Å². The number of fused-ring (bicyclic) bond motifs is 1. The fourth-order valence-electron chi connectivity index (χ4n) is 3.44. The first-order valence-corrected chi connectivity index (χ1v) is 10.0. The molecule has 6 heteroatoms. The van der Waals surface area contributed by atoms with Gasteiger partial charge in [0.2, 0.25) is 0 Å². The van der Waals surface area contributed by atoms with Crippen molar-refractivity contribution in [3.05, 3.63) is 69.9 Å². The highest BCUT2D eigenvalue weighted by molar-refractivity contribution is 6.32. The van der Waals surface area contributed by atoms with Gasteiger partial charge >= 0.3 is 0 Å². The van der Waals surface area contributed by atoms with Gasteiger partial charge in [0.1, 0.15) is 17.4 Å². The molecular formula is C23H24ClN3O2. The number of carbonyl (C=O) groups excluding carboxylic acids is 1. The predicted molar refractivity (Wildman–Crippen MR) is 115 cm³/mol. The van der Waals surface area contributed by atoms with E-state index in [1.807, 2.05) is 13.0 Å². The summed E-state index contributed by atoms with van der Waals surface area (Å²) in [4.78, 5) is 12.5. The minimum absolute atomic E-state index is 0.0123. The van der Waals surface area contributed by atoms with Crippen LogP contribution in [0.25, 0.3) is 0 Å². The molecule has 0 saturated heterocycles. The van der Waals surface area contributed by atoms with E-state index >= 15 is 0 Å². The van der Waals surface area contributed by atoms with Gasteiger partial charge in [0.25, 0.3) is 5.91 Å². The molecule has 0 bridgehead atoms.